The van der Waals surface area contributed by atoms with Crippen molar-refractivity contribution in [3.63, 3.8) is 0 Å². The Bertz CT molecular complexity index is 1500. The van der Waals surface area contributed by atoms with Crippen LogP contribution in [0.2, 0.25) is 0 Å². The zero-order valence-electron chi connectivity index (χ0n) is 27.4. The summed E-state index contributed by atoms with van der Waals surface area (Å²) in [6, 6.07) is 28.3. The van der Waals surface area contributed by atoms with Crippen LogP contribution >= 0.6 is 0 Å². The van der Waals surface area contributed by atoms with Crippen molar-refractivity contribution < 1.29 is 4.57 Å². The van der Waals surface area contributed by atoms with Crippen LogP contribution in [0.5, 0.6) is 0 Å². The predicted octanol–water partition coefficient (Wildman–Crippen LogP) is 8.98. The number of pyridine rings is 1. The first-order valence-electron chi connectivity index (χ1n) is 18.2. The third-order valence-electron chi connectivity index (χ3n) is 10.6. The van der Waals surface area contributed by atoms with E-state index in [9.17, 15) is 0 Å². The predicted molar refractivity (Wildman–Crippen MR) is 190 cm³/mol. The van der Waals surface area contributed by atoms with Gasteiger partial charge in [-0.1, -0.05) is 87.1 Å². The molecule has 3 aliphatic heterocycles. The minimum Gasteiger partial charge on any atom is -0.371 e. The summed E-state index contributed by atoms with van der Waals surface area (Å²) >= 11 is 0. The van der Waals surface area contributed by atoms with Crippen LogP contribution in [-0.2, 0) is 13.1 Å². The summed E-state index contributed by atoms with van der Waals surface area (Å²) in [5, 5.41) is 1.40. The van der Waals surface area contributed by atoms with Gasteiger partial charge in [-0.25, -0.2) is 0 Å². The van der Waals surface area contributed by atoms with Crippen molar-refractivity contribution in [1.29, 1.82) is 0 Å². The number of nitrogens with zero attached hydrogens (tertiary/aromatic N) is 4. The van der Waals surface area contributed by atoms with Gasteiger partial charge in [0, 0.05) is 56.1 Å². The van der Waals surface area contributed by atoms with Crippen molar-refractivity contribution in [3.8, 4) is 11.1 Å². The Labute approximate surface area is 271 Å². The smallest absolute Gasteiger partial charge is 0.216 e. The lowest BCUT2D eigenvalue weighted by molar-refractivity contribution is -0.662. The van der Waals surface area contributed by atoms with E-state index in [-0.39, 0.29) is 0 Å². The summed E-state index contributed by atoms with van der Waals surface area (Å²) in [5.74, 6) is 0. The van der Waals surface area contributed by atoms with E-state index in [0.29, 0.717) is 0 Å². The van der Waals surface area contributed by atoms with E-state index in [1.165, 1.54) is 161 Å². The summed E-state index contributed by atoms with van der Waals surface area (Å²) in [4.78, 5) is 7.91. The second kappa shape index (κ2) is 14.8. The minimum absolute atomic E-state index is 0.884. The summed E-state index contributed by atoms with van der Waals surface area (Å²) in [7, 11) is 0. The lowest BCUT2D eigenvalue weighted by Gasteiger charge is -2.25. The molecule has 4 heterocycles. The third-order valence-corrected chi connectivity index (χ3v) is 10.6. The number of aromatic nitrogens is 1. The molecule has 7 rings (SSSR count). The van der Waals surface area contributed by atoms with Crippen molar-refractivity contribution in [2.75, 3.05) is 49.1 Å². The van der Waals surface area contributed by atoms with Gasteiger partial charge in [-0.05, 0) is 80.4 Å². The van der Waals surface area contributed by atoms with Crippen molar-refractivity contribution in [2.45, 2.75) is 90.1 Å². The highest BCUT2D eigenvalue weighted by Crippen LogP contribution is 2.31. The molecule has 4 nitrogen and oxygen atoms in total. The van der Waals surface area contributed by atoms with E-state index >= 15 is 0 Å². The Hall–Kier alpha value is -3.37. The molecule has 0 saturated carbocycles. The van der Waals surface area contributed by atoms with E-state index in [2.05, 4.69) is 98.3 Å². The molecule has 0 atom stereocenters. The average Bonchev–Trinajstić information content (AvgIpc) is 3.63. The second-order valence-electron chi connectivity index (χ2n) is 13.9. The average molecular weight is 602 g/mol. The van der Waals surface area contributed by atoms with Gasteiger partial charge >= 0.3 is 0 Å². The highest BCUT2D eigenvalue weighted by Gasteiger charge is 2.21. The van der Waals surface area contributed by atoms with Crippen LogP contribution in [0.1, 0.15) is 88.2 Å². The van der Waals surface area contributed by atoms with Gasteiger partial charge in [-0.2, -0.15) is 4.57 Å². The van der Waals surface area contributed by atoms with Gasteiger partial charge in [-0.15, -0.1) is 0 Å². The largest absolute Gasteiger partial charge is 0.371 e. The lowest BCUT2D eigenvalue weighted by Crippen LogP contribution is -2.36. The van der Waals surface area contributed by atoms with E-state index in [1.807, 2.05) is 0 Å². The number of benzene rings is 3. The van der Waals surface area contributed by atoms with E-state index in [4.69, 9.17) is 0 Å². The van der Waals surface area contributed by atoms with Crippen LogP contribution in [0, 0.1) is 0 Å². The van der Waals surface area contributed by atoms with Gasteiger partial charge in [0.05, 0.1) is 11.1 Å². The van der Waals surface area contributed by atoms with Gasteiger partial charge < -0.3 is 9.80 Å². The third kappa shape index (κ3) is 7.55. The number of rotatable bonds is 7. The molecule has 4 aromatic rings. The first kappa shape index (κ1) is 30.3. The van der Waals surface area contributed by atoms with Gasteiger partial charge in [0.25, 0.3) is 0 Å². The topological polar surface area (TPSA) is 13.6 Å². The first-order chi connectivity index (χ1) is 22.3. The molecule has 3 saturated heterocycles. The highest BCUT2D eigenvalue weighted by molar-refractivity contribution is 5.91. The molecule has 4 heteroatoms. The standard InChI is InChI=1S/C41H53N4/c1-2-8-25-42(24-7-1)32-34-13-17-36(18-14-34)37-19-15-35(16-20-37)33-45-30-23-40(44-28-11-5-6-12-29-44)39-22-21-38(31-41(39)45)43-26-9-3-4-10-27-43/h13-23,30-31H,1-12,24-29,32-33H2/q+1. The summed E-state index contributed by atoms with van der Waals surface area (Å²) in [5.41, 5.74) is 9.57. The van der Waals surface area contributed by atoms with Crippen LogP contribution in [0.25, 0.3) is 22.0 Å². The maximum atomic E-state index is 2.65. The first-order valence-corrected chi connectivity index (χ1v) is 18.2. The Morgan fingerprint density at radius 3 is 1.62 bits per heavy atom. The van der Waals surface area contributed by atoms with Crippen molar-refractivity contribution >= 4 is 22.3 Å². The second-order valence-corrected chi connectivity index (χ2v) is 13.9. The number of hydrogen-bond acceptors (Lipinski definition) is 3. The molecule has 0 radical (unpaired) electrons. The minimum atomic E-state index is 0.884. The Kier molecular flexibility index (Phi) is 9.97. The number of fused-ring (bicyclic) bond motifs is 1. The Balaban J connectivity index is 1.12. The van der Waals surface area contributed by atoms with Crippen molar-refractivity contribution in [2.24, 2.45) is 0 Å². The SMILES string of the molecule is c1cc(-c2ccc(C[n+]3ccc(N4CCCCCC4)c4ccc(N5CCCCCC5)cc43)cc2)ccc1CN1CCCCCC1. The van der Waals surface area contributed by atoms with Gasteiger partial charge in [0.2, 0.25) is 5.52 Å². The summed E-state index contributed by atoms with van der Waals surface area (Å²) < 4.78 is 2.49. The molecule has 3 aliphatic rings. The van der Waals surface area contributed by atoms with E-state index in [1.54, 1.807) is 0 Å². The molecule has 0 amide bonds. The fourth-order valence-electron chi connectivity index (χ4n) is 7.91. The fourth-order valence-corrected chi connectivity index (χ4v) is 7.91. The normalized spacial score (nSPS) is 18.8. The molecule has 0 unspecified atom stereocenters. The molecular formula is C41H53N4+. The maximum absolute atomic E-state index is 2.65. The molecule has 3 fully saturated rings. The molecule has 0 spiro atoms. The van der Waals surface area contributed by atoms with Gasteiger partial charge in [0.1, 0.15) is 0 Å². The summed E-state index contributed by atoms with van der Waals surface area (Å²) in [6.45, 7) is 9.17. The lowest BCUT2D eigenvalue weighted by atomic mass is 10.0. The number of hydrogen-bond donors (Lipinski definition) is 0. The monoisotopic (exact) mass is 601 g/mol. The van der Waals surface area contributed by atoms with Crippen LogP contribution in [0.3, 0.4) is 0 Å². The molecular weight excluding hydrogens is 548 g/mol. The molecule has 1 aromatic heterocycles. The fraction of sp³-hybridized carbons (Fsp3) is 0.488. The zero-order chi connectivity index (χ0) is 30.3. The molecule has 0 N–H and O–H groups in total. The van der Waals surface area contributed by atoms with Gasteiger partial charge in [0.15, 0.2) is 12.7 Å². The van der Waals surface area contributed by atoms with Gasteiger partial charge in [-0.3, -0.25) is 4.90 Å². The molecule has 0 bridgehead atoms. The maximum Gasteiger partial charge on any atom is 0.216 e. The molecule has 0 aliphatic carbocycles. The van der Waals surface area contributed by atoms with Crippen LogP contribution < -0.4 is 14.4 Å². The Morgan fingerprint density at radius 1 is 0.489 bits per heavy atom. The van der Waals surface area contributed by atoms with Crippen molar-refractivity contribution in [1.82, 2.24) is 4.90 Å². The zero-order valence-corrected chi connectivity index (χ0v) is 27.4. The summed E-state index contributed by atoms with van der Waals surface area (Å²) in [6.07, 6.45) is 18.5. The quantitative estimate of drug-likeness (QED) is 0.196. The molecule has 45 heavy (non-hydrogen) atoms. The number of likely N-dealkylation sites (tertiary alicyclic amines) is 1. The molecule has 3 aromatic carbocycles. The Morgan fingerprint density at radius 2 is 1.02 bits per heavy atom. The highest BCUT2D eigenvalue weighted by atomic mass is 15.1. The van der Waals surface area contributed by atoms with Crippen molar-refractivity contribution in [3.05, 3.63) is 90.1 Å². The van der Waals surface area contributed by atoms with Crippen LogP contribution in [0.4, 0.5) is 11.4 Å². The molecule has 236 valence electrons. The van der Waals surface area contributed by atoms with E-state index < -0.39 is 0 Å². The van der Waals surface area contributed by atoms with Crippen LogP contribution in [-0.4, -0.2) is 44.2 Å². The number of anilines is 2. The van der Waals surface area contributed by atoms with E-state index in [0.717, 1.165) is 13.1 Å². The van der Waals surface area contributed by atoms with Crippen LogP contribution in [0.15, 0.2) is 79.0 Å².